The van der Waals surface area contributed by atoms with E-state index < -0.39 is 0 Å². The predicted molar refractivity (Wildman–Crippen MR) is 85.6 cm³/mol. The van der Waals surface area contributed by atoms with E-state index in [4.69, 9.17) is 4.74 Å². The lowest BCUT2D eigenvalue weighted by molar-refractivity contribution is -0.0144. The Morgan fingerprint density at radius 2 is 2.32 bits per heavy atom. The molecule has 2 aromatic heterocycles. The average Bonchev–Trinajstić information content (AvgIpc) is 3.16. The van der Waals surface area contributed by atoms with Crippen LogP contribution in [0.4, 0.5) is 0 Å². The second-order valence-corrected chi connectivity index (χ2v) is 5.93. The molecule has 1 aromatic carbocycles. The third-order valence-electron chi connectivity index (χ3n) is 4.45. The van der Waals surface area contributed by atoms with E-state index in [1.807, 2.05) is 12.4 Å². The van der Waals surface area contributed by atoms with Gasteiger partial charge in [0.25, 0.3) is 0 Å². The van der Waals surface area contributed by atoms with Gasteiger partial charge in [0.15, 0.2) is 0 Å². The number of H-pyrrole nitrogens is 2. The number of ether oxygens (including phenoxy) is 1. The molecular formula is C17H20N4O. The molecule has 4 rings (SSSR count). The highest BCUT2D eigenvalue weighted by atomic mass is 16.5. The van der Waals surface area contributed by atoms with Crippen LogP contribution in [0, 0.1) is 6.92 Å². The maximum atomic E-state index is 5.69. The van der Waals surface area contributed by atoms with Gasteiger partial charge in [-0.1, -0.05) is 12.1 Å². The number of aromatic nitrogens is 3. The molecule has 0 saturated carbocycles. The molecule has 1 unspecified atom stereocenters. The summed E-state index contributed by atoms with van der Waals surface area (Å²) in [5, 5.41) is 8.55. The van der Waals surface area contributed by atoms with Crippen LogP contribution in [-0.4, -0.2) is 39.8 Å². The van der Waals surface area contributed by atoms with Crippen LogP contribution >= 0.6 is 0 Å². The number of aryl methyl sites for hydroxylation is 1. The molecule has 114 valence electrons. The molecule has 5 nitrogen and oxygen atoms in total. The largest absolute Gasteiger partial charge is 0.378 e. The Bertz CT molecular complexity index is 776. The van der Waals surface area contributed by atoms with Gasteiger partial charge in [-0.05, 0) is 35.6 Å². The lowest BCUT2D eigenvalue weighted by Crippen LogP contribution is -2.39. The molecule has 1 atom stereocenters. The first-order valence-electron chi connectivity index (χ1n) is 7.69. The van der Waals surface area contributed by atoms with Crippen LogP contribution in [-0.2, 0) is 11.3 Å². The standard InChI is InChI=1S/C17H20N4O/c1-12-9-19-20-17(12)16-11-22-7-6-21(16)10-13-2-3-14-4-5-18-15(14)8-13/h2-5,8-9,16,18H,6-7,10-11H2,1H3,(H,19,20). The number of morpholine rings is 1. The summed E-state index contributed by atoms with van der Waals surface area (Å²) < 4.78 is 5.69. The predicted octanol–water partition coefficient (Wildman–Crippen LogP) is 2.77. The highest BCUT2D eigenvalue weighted by Gasteiger charge is 2.27. The summed E-state index contributed by atoms with van der Waals surface area (Å²) in [4.78, 5) is 5.75. The smallest absolute Gasteiger partial charge is 0.0758 e. The maximum absolute atomic E-state index is 5.69. The minimum atomic E-state index is 0.246. The monoisotopic (exact) mass is 296 g/mol. The zero-order valence-electron chi connectivity index (χ0n) is 12.7. The second kappa shape index (κ2) is 5.59. The van der Waals surface area contributed by atoms with Crippen molar-refractivity contribution in [1.82, 2.24) is 20.1 Å². The van der Waals surface area contributed by atoms with E-state index in [1.165, 1.54) is 27.7 Å². The number of fused-ring (bicyclic) bond motifs is 1. The summed E-state index contributed by atoms with van der Waals surface area (Å²) in [5.74, 6) is 0. The Labute approximate surface area is 129 Å². The first kappa shape index (κ1) is 13.5. The topological polar surface area (TPSA) is 56.9 Å². The van der Waals surface area contributed by atoms with Crippen LogP contribution < -0.4 is 0 Å². The van der Waals surface area contributed by atoms with Gasteiger partial charge in [0, 0.05) is 24.8 Å². The van der Waals surface area contributed by atoms with Gasteiger partial charge >= 0.3 is 0 Å². The molecule has 0 aliphatic carbocycles. The lowest BCUT2D eigenvalue weighted by atomic mass is 10.1. The van der Waals surface area contributed by atoms with Gasteiger partial charge in [-0.15, -0.1) is 0 Å². The summed E-state index contributed by atoms with van der Waals surface area (Å²) in [6, 6.07) is 8.97. The number of rotatable bonds is 3. The average molecular weight is 296 g/mol. The van der Waals surface area contributed by atoms with Crippen molar-refractivity contribution < 1.29 is 4.74 Å². The van der Waals surface area contributed by atoms with E-state index in [9.17, 15) is 0 Å². The van der Waals surface area contributed by atoms with Crippen molar-refractivity contribution in [3.05, 3.63) is 53.5 Å². The Kier molecular flexibility index (Phi) is 3.44. The molecule has 22 heavy (non-hydrogen) atoms. The molecule has 3 aromatic rings. The molecule has 1 saturated heterocycles. The van der Waals surface area contributed by atoms with Gasteiger partial charge in [0.2, 0.25) is 0 Å². The minimum Gasteiger partial charge on any atom is -0.378 e. The third kappa shape index (κ3) is 2.42. The molecule has 1 aliphatic heterocycles. The van der Waals surface area contributed by atoms with Crippen LogP contribution in [0.5, 0.6) is 0 Å². The molecular weight excluding hydrogens is 276 g/mol. The number of aromatic amines is 2. The summed E-state index contributed by atoms with van der Waals surface area (Å²) in [7, 11) is 0. The van der Waals surface area contributed by atoms with Gasteiger partial charge in [-0.2, -0.15) is 5.10 Å². The number of hydrogen-bond acceptors (Lipinski definition) is 3. The first-order valence-corrected chi connectivity index (χ1v) is 7.69. The van der Waals surface area contributed by atoms with E-state index in [1.54, 1.807) is 0 Å². The minimum absolute atomic E-state index is 0.246. The normalized spacial score (nSPS) is 19.8. The summed E-state index contributed by atoms with van der Waals surface area (Å²) in [5.41, 5.74) is 4.88. The number of nitrogens with zero attached hydrogens (tertiary/aromatic N) is 2. The molecule has 5 heteroatoms. The number of nitrogens with one attached hydrogen (secondary N) is 2. The van der Waals surface area contributed by atoms with Crippen molar-refractivity contribution in [2.24, 2.45) is 0 Å². The van der Waals surface area contributed by atoms with Crippen molar-refractivity contribution in [2.45, 2.75) is 19.5 Å². The zero-order chi connectivity index (χ0) is 14.9. The second-order valence-electron chi connectivity index (χ2n) is 5.93. The fourth-order valence-corrected chi connectivity index (χ4v) is 3.21. The molecule has 0 amide bonds. The quantitative estimate of drug-likeness (QED) is 0.781. The van der Waals surface area contributed by atoms with E-state index in [2.05, 4.69) is 51.3 Å². The molecule has 3 heterocycles. The van der Waals surface area contributed by atoms with E-state index in [-0.39, 0.29) is 6.04 Å². The van der Waals surface area contributed by atoms with Gasteiger partial charge in [-0.25, -0.2) is 0 Å². The van der Waals surface area contributed by atoms with Crippen LogP contribution in [0.15, 0.2) is 36.7 Å². The number of benzene rings is 1. The Balaban J connectivity index is 1.60. The van der Waals surface area contributed by atoms with Crippen LogP contribution in [0.3, 0.4) is 0 Å². The van der Waals surface area contributed by atoms with Crippen LogP contribution in [0.25, 0.3) is 10.9 Å². The summed E-state index contributed by atoms with van der Waals surface area (Å²) in [6.45, 7) is 5.45. The summed E-state index contributed by atoms with van der Waals surface area (Å²) in [6.07, 6.45) is 3.87. The van der Waals surface area contributed by atoms with Crippen molar-refractivity contribution in [3.63, 3.8) is 0 Å². The Morgan fingerprint density at radius 3 is 3.18 bits per heavy atom. The van der Waals surface area contributed by atoms with E-state index in [0.717, 1.165) is 19.7 Å². The third-order valence-corrected chi connectivity index (χ3v) is 4.45. The zero-order valence-corrected chi connectivity index (χ0v) is 12.7. The van der Waals surface area contributed by atoms with Crippen molar-refractivity contribution in [3.8, 4) is 0 Å². The van der Waals surface area contributed by atoms with Gasteiger partial charge < -0.3 is 9.72 Å². The highest BCUT2D eigenvalue weighted by Crippen LogP contribution is 2.27. The molecule has 0 bridgehead atoms. The molecule has 0 spiro atoms. The fraction of sp³-hybridized carbons (Fsp3) is 0.353. The van der Waals surface area contributed by atoms with Gasteiger partial charge in [0.1, 0.15) is 0 Å². The van der Waals surface area contributed by atoms with E-state index >= 15 is 0 Å². The Hall–Kier alpha value is -2.11. The maximum Gasteiger partial charge on any atom is 0.0758 e. The SMILES string of the molecule is Cc1cn[nH]c1C1COCCN1Cc1ccc2cc[nH]c2c1. The lowest BCUT2D eigenvalue weighted by Gasteiger charge is -2.35. The molecule has 1 aliphatic rings. The fourth-order valence-electron chi connectivity index (χ4n) is 3.21. The highest BCUT2D eigenvalue weighted by molar-refractivity contribution is 5.79. The summed E-state index contributed by atoms with van der Waals surface area (Å²) >= 11 is 0. The Morgan fingerprint density at radius 1 is 1.36 bits per heavy atom. The van der Waals surface area contributed by atoms with Gasteiger partial charge in [0.05, 0.1) is 31.1 Å². The molecule has 0 radical (unpaired) electrons. The van der Waals surface area contributed by atoms with Crippen molar-refractivity contribution in [1.29, 1.82) is 0 Å². The van der Waals surface area contributed by atoms with Crippen LogP contribution in [0.1, 0.15) is 22.9 Å². The van der Waals surface area contributed by atoms with Gasteiger partial charge in [-0.3, -0.25) is 10.00 Å². The first-order chi connectivity index (χ1) is 10.8. The van der Waals surface area contributed by atoms with Crippen molar-refractivity contribution in [2.75, 3.05) is 19.8 Å². The molecule has 2 N–H and O–H groups in total. The number of hydrogen-bond donors (Lipinski definition) is 2. The molecule has 1 fully saturated rings. The van der Waals surface area contributed by atoms with Crippen LogP contribution in [0.2, 0.25) is 0 Å². The van der Waals surface area contributed by atoms with E-state index in [0.29, 0.717) is 6.61 Å². The van der Waals surface area contributed by atoms with Crippen molar-refractivity contribution >= 4 is 10.9 Å².